The fourth-order valence-corrected chi connectivity index (χ4v) is 3.62. The lowest BCUT2D eigenvalue weighted by Gasteiger charge is -2.35. The molecule has 0 spiro atoms. The number of hydrogen-bond acceptors (Lipinski definition) is 5. The lowest BCUT2D eigenvalue weighted by atomic mass is 10.0. The first-order chi connectivity index (χ1) is 15.1. The number of ether oxygens (including phenoxy) is 2. The van der Waals surface area contributed by atoms with Crippen molar-refractivity contribution in [2.24, 2.45) is 0 Å². The van der Waals surface area contributed by atoms with Gasteiger partial charge in [0.25, 0.3) is 5.91 Å². The summed E-state index contributed by atoms with van der Waals surface area (Å²) in [6, 6.07) is 22.1. The number of aliphatic hydroxyl groups excluding tert-OH is 1. The standard InChI is InChI=1S/C25H23NO5/c1-30-20-10-7-18(8-11-20)15-26-21-14-19(22(28)16-27)9-12-23(21)31-24(25(26)29)13-17-5-3-2-4-6-17/h2-12,14,24,27H,13,15-16H2,1H3. The van der Waals surface area contributed by atoms with Crippen molar-refractivity contribution in [3.63, 3.8) is 0 Å². The minimum absolute atomic E-state index is 0.180. The smallest absolute Gasteiger partial charge is 0.268 e. The number of ketones is 1. The summed E-state index contributed by atoms with van der Waals surface area (Å²) < 4.78 is 11.2. The molecule has 6 nitrogen and oxygen atoms in total. The third-order valence-corrected chi connectivity index (χ3v) is 5.29. The summed E-state index contributed by atoms with van der Waals surface area (Å²) in [5.41, 5.74) is 2.77. The average molecular weight is 417 g/mol. The van der Waals surface area contributed by atoms with Gasteiger partial charge in [-0.05, 0) is 41.5 Å². The lowest BCUT2D eigenvalue weighted by Crippen LogP contribution is -2.46. The topological polar surface area (TPSA) is 76.1 Å². The Labute approximate surface area is 180 Å². The van der Waals surface area contributed by atoms with Crippen molar-refractivity contribution >= 4 is 17.4 Å². The number of fused-ring (bicyclic) bond motifs is 1. The van der Waals surface area contributed by atoms with Crippen molar-refractivity contribution in [1.82, 2.24) is 0 Å². The largest absolute Gasteiger partial charge is 0.497 e. The number of rotatable bonds is 7. The van der Waals surface area contributed by atoms with Crippen molar-refractivity contribution in [3.8, 4) is 11.5 Å². The third kappa shape index (κ3) is 4.44. The summed E-state index contributed by atoms with van der Waals surface area (Å²) in [7, 11) is 1.60. The number of carbonyl (C=O) groups is 2. The van der Waals surface area contributed by atoms with Crippen LogP contribution in [0.4, 0.5) is 5.69 Å². The van der Waals surface area contributed by atoms with Gasteiger partial charge in [0.1, 0.15) is 18.1 Å². The maximum absolute atomic E-state index is 13.4. The van der Waals surface area contributed by atoms with Gasteiger partial charge in [0.05, 0.1) is 19.3 Å². The Morgan fingerprint density at radius 3 is 2.45 bits per heavy atom. The maximum atomic E-state index is 13.4. The molecule has 1 N–H and O–H groups in total. The highest BCUT2D eigenvalue weighted by Crippen LogP contribution is 2.37. The normalized spacial score (nSPS) is 15.2. The predicted molar refractivity (Wildman–Crippen MR) is 117 cm³/mol. The molecule has 31 heavy (non-hydrogen) atoms. The van der Waals surface area contributed by atoms with E-state index in [0.29, 0.717) is 30.0 Å². The molecule has 6 heteroatoms. The molecule has 158 valence electrons. The molecule has 1 aliphatic heterocycles. The molecule has 1 amide bonds. The Balaban J connectivity index is 1.69. The Morgan fingerprint density at radius 2 is 1.77 bits per heavy atom. The maximum Gasteiger partial charge on any atom is 0.268 e. The Bertz CT molecular complexity index is 1080. The van der Waals surface area contributed by atoms with E-state index in [0.717, 1.165) is 16.9 Å². The molecule has 4 rings (SSSR count). The Hall–Kier alpha value is -3.64. The number of aliphatic hydroxyl groups is 1. The van der Waals surface area contributed by atoms with Crippen molar-refractivity contribution in [1.29, 1.82) is 0 Å². The zero-order valence-corrected chi connectivity index (χ0v) is 17.2. The second-order valence-electron chi connectivity index (χ2n) is 7.33. The number of amides is 1. The molecule has 0 aliphatic carbocycles. The van der Waals surface area contributed by atoms with E-state index in [1.54, 1.807) is 30.2 Å². The molecule has 0 saturated carbocycles. The van der Waals surface area contributed by atoms with E-state index >= 15 is 0 Å². The van der Waals surface area contributed by atoms with Crippen LogP contribution in [0.25, 0.3) is 0 Å². The molecule has 1 unspecified atom stereocenters. The second-order valence-corrected chi connectivity index (χ2v) is 7.33. The highest BCUT2D eigenvalue weighted by molar-refractivity contribution is 6.03. The first kappa shape index (κ1) is 20.6. The number of carbonyl (C=O) groups excluding carboxylic acids is 2. The zero-order valence-electron chi connectivity index (χ0n) is 17.2. The summed E-state index contributed by atoms with van der Waals surface area (Å²) >= 11 is 0. The molecule has 1 aliphatic rings. The van der Waals surface area contributed by atoms with Crippen LogP contribution in [0.1, 0.15) is 21.5 Å². The monoisotopic (exact) mass is 417 g/mol. The SMILES string of the molecule is COc1ccc(CN2C(=O)C(Cc3ccccc3)Oc3ccc(C(=O)CO)cc32)cc1. The van der Waals surface area contributed by atoms with E-state index in [1.807, 2.05) is 54.6 Å². The molecule has 0 aromatic heterocycles. The molecule has 1 atom stereocenters. The highest BCUT2D eigenvalue weighted by Gasteiger charge is 2.35. The average Bonchev–Trinajstić information content (AvgIpc) is 2.82. The van der Waals surface area contributed by atoms with Crippen molar-refractivity contribution in [2.75, 3.05) is 18.6 Å². The van der Waals surface area contributed by atoms with E-state index < -0.39 is 18.5 Å². The Kier molecular flexibility index (Phi) is 6.00. The number of hydrogen-bond donors (Lipinski definition) is 1. The first-order valence-corrected chi connectivity index (χ1v) is 10.0. The van der Waals surface area contributed by atoms with Gasteiger partial charge in [0.2, 0.25) is 0 Å². The fraction of sp³-hybridized carbons (Fsp3) is 0.200. The predicted octanol–water partition coefficient (Wildman–Crippen LogP) is 3.41. The van der Waals surface area contributed by atoms with Gasteiger partial charge >= 0.3 is 0 Å². The van der Waals surface area contributed by atoms with E-state index in [9.17, 15) is 14.7 Å². The molecule has 1 heterocycles. The van der Waals surface area contributed by atoms with Gasteiger partial charge in [-0.2, -0.15) is 0 Å². The van der Waals surface area contributed by atoms with E-state index in [-0.39, 0.29) is 5.91 Å². The van der Waals surface area contributed by atoms with Gasteiger partial charge in [-0.3, -0.25) is 9.59 Å². The minimum Gasteiger partial charge on any atom is -0.497 e. The van der Waals surface area contributed by atoms with Gasteiger partial charge in [-0.15, -0.1) is 0 Å². The Morgan fingerprint density at radius 1 is 1.03 bits per heavy atom. The summed E-state index contributed by atoms with van der Waals surface area (Å²) in [6.07, 6.45) is -0.234. The molecular formula is C25H23NO5. The summed E-state index contributed by atoms with van der Waals surface area (Å²) in [6.45, 7) is -0.274. The highest BCUT2D eigenvalue weighted by atomic mass is 16.5. The number of nitrogens with zero attached hydrogens (tertiary/aromatic N) is 1. The quantitative estimate of drug-likeness (QED) is 0.597. The number of methoxy groups -OCH3 is 1. The summed E-state index contributed by atoms with van der Waals surface area (Å²) in [5, 5.41) is 9.23. The van der Waals surface area contributed by atoms with E-state index in [4.69, 9.17) is 9.47 Å². The molecule has 0 radical (unpaired) electrons. The summed E-state index contributed by atoms with van der Waals surface area (Å²) in [4.78, 5) is 27.1. The van der Waals surface area contributed by atoms with Crippen LogP contribution in [0.3, 0.4) is 0 Å². The van der Waals surface area contributed by atoms with Gasteiger partial charge in [-0.25, -0.2) is 0 Å². The number of benzene rings is 3. The molecule has 0 bridgehead atoms. The van der Waals surface area contributed by atoms with Gasteiger partial charge in [0, 0.05) is 12.0 Å². The second kappa shape index (κ2) is 9.02. The summed E-state index contributed by atoms with van der Waals surface area (Å²) in [5.74, 6) is 0.672. The van der Waals surface area contributed by atoms with Gasteiger partial charge in [0.15, 0.2) is 11.9 Å². The van der Waals surface area contributed by atoms with E-state index in [2.05, 4.69) is 0 Å². The van der Waals surface area contributed by atoms with Crippen LogP contribution in [-0.4, -0.2) is 36.6 Å². The lowest BCUT2D eigenvalue weighted by molar-refractivity contribution is -0.126. The van der Waals surface area contributed by atoms with Crippen LogP contribution >= 0.6 is 0 Å². The first-order valence-electron chi connectivity index (χ1n) is 10.0. The van der Waals surface area contributed by atoms with Crippen LogP contribution in [0.5, 0.6) is 11.5 Å². The third-order valence-electron chi connectivity index (χ3n) is 5.29. The van der Waals surface area contributed by atoms with Gasteiger partial charge < -0.3 is 19.5 Å². The van der Waals surface area contributed by atoms with Crippen LogP contribution in [0.2, 0.25) is 0 Å². The molecule has 0 fully saturated rings. The molecular weight excluding hydrogens is 394 g/mol. The van der Waals surface area contributed by atoms with Crippen molar-refractivity contribution < 1.29 is 24.2 Å². The molecule has 3 aromatic rings. The van der Waals surface area contributed by atoms with Crippen molar-refractivity contribution in [2.45, 2.75) is 19.1 Å². The van der Waals surface area contributed by atoms with Crippen LogP contribution < -0.4 is 14.4 Å². The molecule has 0 saturated heterocycles. The van der Waals surface area contributed by atoms with Gasteiger partial charge in [-0.1, -0.05) is 42.5 Å². The minimum atomic E-state index is -0.674. The van der Waals surface area contributed by atoms with E-state index in [1.165, 1.54) is 0 Å². The van der Waals surface area contributed by atoms with Crippen LogP contribution in [0, 0.1) is 0 Å². The van der Waals surface area contributed by atoms with Crippen LogP contribution in [-0.2, 0) is 17.8 Å². The number of Topliss-reactive ketones (excluding diaryl/α,β-unsaturated/α-hetero) is 1. The zero-order chi connectivity index (χ0) is 21.8. The number of anilines is 1. The molecule has 3 aromatic carbocycles. The van der Waals surface area contributed by atoms with Crippen LogP contribution in [0.15, 0.2) is 72.8 Å². The fourth-order valence-electron chi connectivity index (χ4n) is 3.62. The van der Waals surface area contributed by atoms with Crippen molar-refractivity contribution in [3.05, 3.63) is 89.5 Å².